The number of hydrogen-bond donors (Lipinski definition) is 3. The Morgan fingerprint density at radius 2 is 1.52 bits per heavy atom. The molecule has 166 valence electrons. The van der Waals surface area contributed by atoms with E-state index < -0.39 is 0 Å². The first-order chi connectivity index (χ1) is 16.2. The molecule has 0 radical (unpaired) electrons. The van der Waals surface area contributed by atoms with Gasteiger partial charge in [0.2, 0.25) is 0 Å². The molecule has 4 N–H and O–H groups in total. The van der Waals surface area contributed by atoms with E-state index >= 15 is 0 Å². The minimum atomic E-state index is -0.261. The predicted octanol–water partition coefficient (Wildman–Crippen LogP) is 3.30. The second kappa shape index (κ2) is 9.04. The van der Waals surface area contributed by atoms with Crippen LogP contribution in [0.1, 0.15) is 10.4 Å². The Balaban J connectivity index is 1.27. The third-order valence-corrected chi connectivity index (χ3v) is 5.89. The van der Waals surface area contributed by atoms with E-state index in [0.29, 0.717) is 22.9 Å². The number of benzene rings is 3. The van der Waals surface area contributed by atoms with Gasteiger partial charge in [0.1, 0.15) is 12.0 Å². The lowest BCUT2D eigenvalue weighted by Gasteiger charge is -2.37. The highest BCUT2D eigenvalue weighted by Crippen LogP contribution is 2.27. The number of rotatable bonds is 5. The summed E-state index contributed by atoms with van der Waals surface area (Å²) in [6.45, 7) is 3.32. The molecule has 1 aromatic heterocycles. The molecule has 0 atom stereocenters. The Hall–Kier alpha value is -4.33. The molecular weight excluding hydrogens is 414 g/mol. The number of nitrogen functional groups attached to an aromatic ring is 1. The number of carbonyl (C=O) groups is 1. The van der Waals surface area contributed by atoms with Crippen LogP contribution in [0.15, 0.2) is 79.1 Å². The molecule has 4 aromatic rings. The molecule has 33 heavy (non-hydrogen) atoms. The standard InChI is InChI=1S/C25H25N7O/c26-22-23(29-30-25(33)21-12-6-8-18-7-4-5-11-20(18)21)27-17-28-24(22)32-15-13-31(14-16-32)19-9-2-1-3-10-19/h1-12,17H,13-16,26H2,(H,30,33)(H,27,28,29). The zero-order valence-electron chi connectivity index (χ0n) is 18.1. The van der Waals surface area contributed by atoms with Crippen LogP contribution in [-0.4, -0.2) is 42.1 Å². The summed E-state index contributed by atoms with van der Waals surface area (Å²) in [5.41, 5.74) is 14.2. The van der Waals surface area contributed by atoms with Gasteiger partial charge in [0.05, 0.1) is 0 Å². The lowest BCUT2D eigenvalue weighted by atomic mass is 10.0. The summed E-state index contributed by atoms with van der Waals surface area (Å²) in [6, 6.07) is 23.8. The number of hydrogen-bond acceptors (Lipinski definition) is 7. The summed E-state index contributed by atoms with van der Waals surface area (Å²) in [7, 11) is 0. The Labute approximate surface area is 192 Å². The normalized spacial score (nSPS) is 13.7. The fourth-order valence-corrected chi connectivity index (χ4v) is 4.16. The van der Waals surface area contributed by atoms with Gasteiger partial charge in [0.15, 0.2) is 11.6 Å². The van der Waals surface area contributed by atoms with Crippen molar-refractivity contribution in [2.75, 3.05) is 47.1 Å². The molecular formula is C25H25N7O. The van der Waals surface area contributed by atoms with Gasteiger partial charge in [-0.2, -0.15) is 0 Å². The van der Waals surface area contributed by atoms with Gasteiger partial charge in [-0.1, -0.05) is 54.6 Å². The van der Waals surface area contributed by atoms with E-state index in [9.17, 15) is 4.79 Å². The zero-order chi connectivity index (χ0) is 22.6. The van der Waals surface area contributed by atoms with Crippen LogP contribution in [0.4, 0.5) is 23.0 Å². The van der Waals surface area contributed by atoms with Crippen molar-refractivity contribution < 1.29 is 4.79 Å². The highest BCUT2D eigenvalue weighted by molar-refractivity contribution is 6.07. The maximum atomic E-state index is 12.8. The molecule has 3 aromatic carbocycles. The van der Waals surface area contributed by atoms with Crippen molar-refractivity contribution >= 4 is 39.7 Å². The fourth-order valence-electron chi connectivity index (χ4n) is 4.16. The number of nitrogens with two attached hydrogens (primary N) is 1. The number of hydrazine groups is 1. The molecule has 0 unspecified atom stereocenters. The number of carbonyl (C=O) groups excluding carboxylic acids is 1. The number of amides is 1. The average Bonchev–Trinajstić information content (AvgIpc) is 2.88. The van der Waals surface area contributed by atoms with Crippen LogP contribution < -0.4 is 26.4 Å². The van der Waals surface area contributed by atoms with E-state index in [-0.39, 0.29) is 5.91 Å². The molecule has 0 aliphatic carbocycles. The molecule has 8 heteroatoms. The number of nitrogens with zero attached hydrogens (tertiary/aromatic N) is 4. The lowest BCUT2D eigenvalue weighted by Crippen LogP contribution is -2.47. The van der Waals surface area contributed by atoms with Gasteiger partial charge in [-0.25, -0.2) is 9.97 Å². The van der Waals surface area contributed by atoms with Crippen LogP contribution in [-0.2, 0) is 0 Å². The first-order valence-electron chi connectivity index (χ1n) is 10.9. The minimum Gasteiger partial charge on any atom is -0.393 e. The van der Waals surface area contributed by atoms with Crippen molar-refractivity contribution in [3.63, 3.8) is 0 Å². The number of anilines is 4. The predicted molar refractivity (Wildman–Crippen MR) is 132 cm³/mol. The quantitative estimate of drug-likeness (QED) is 0.410. The summed E-state index contributed by atoms with van der Waals surface area (Å²) >= 11 is 0. The number of piperazine rings is 1. The van der Waals surface area contributed by atoms with Crippen LogP contribution in [0.5, 0.6) is 0 Å². The summed E-state index contributed by atoms with van der Waals surface area (Å²) in [6.07, 6.45) is 1.46. The van der Waals surface area contributed by atoms with Gasteiger partial charge in [0.25, 0.3) is 5.91 Å². The lowest BCUT2D eigenvalue weighted by molar-refractivity contribution is 0.0964. The van der Waals surface area contributed by atoms with E-state index in [2.05, 4.69) is 54.9 Å². The second-order valence-electron chi connectivity index (χ2n) is 7.88. The summed E-state index contributed by atoms with van der Waals surface area (Å²) in [5.74, 6) is 0.779. The van der Waals surface area contributed by atoms with Gasteiger partial charge in [0, 0.05) is 37.4 Å². The van der Waals surface area contributed by atoms with Gasteiger partial charge in [-0.15, -0.1) is 0 Å². The van der Waals surface area contributed by atoms with Crippen LogP contribution in [0, 0.1) is 0 Å². The number of aromatic nitrogens is 2. The largest absolute Gasteiger partial charge is 0.393 e. The average molecular weight is 440 g/mol. The number of nitrogens with one attached hydrogen (secondary N) is 2. The van der Waals surface area contributed by atoms with Gasteiger partial charge >= 0.3 is 0 Å². The molecule has 0 saturated carbocycles. The van der Waals surface area contributed by atoms with Crippen LogP contribution in [0.3, 0.4) is 0 Å². The number of para-hydroxylation sites is 1. The second-order valence-corrected chi connectivity index (χ2v) is 7.88. The molecule has 1 aliphatic rings. The number of fused-ring (bicyclic) bond motifs is 1. The topological polar surface area (TPSA) is 99.4 Å². The minimum absolute atomic E-state index is 0.261. The summed E-state index contributed by atoms with van der Waals surface area (Å²) < 4.78 is 0. The SMILES string of the molecule is Nc1c(NNC(=O)c2cccc3ccccc23)ncnc1N1CCN(c2ccccc2)CC1. The molecule has 2 heterocycles. The van der Waals surface area contributed by atoms with Gasteiger partial charge in [-0.05, 0) is 29.0 Å². The Morgan fingerprint density at radius 1 is 0.818 bits per heavy atom. The van der Waals surface area contributed by atoms with Gasteiger partial charge < -0.3 is 15.5 Å². The molecule has 1 aliphatic heterocycles. The van der Waals surface area contributed by atoms with Crippen molar-refractivity contribution in [3.8, 4) is 0 Å². The van der Waals surface area contributed by atoms with Crippen LogP contribution in [0.25, 0.3) is 10.8 Å². The fraction of sp³-hybridized carbons (Fsp3) is 0.160. The van der Waals surface area contributed by atoms with E-state index in [1.165, 1.54) is 12.0 Å². The summed E-state index contributed by atoms with van der Waals surface area (Å²) in [5, 5.41) is 1.88. The molecule has 5 rings (SSSR count). The smallest absolute Gasteiger partial charge is 0.270 e. The van der Waals surface area contributed by atoms with Crippen molar-refractivity contribution in [3.05, 3.63) is 84.7 Å². The third-order valence-electron chi connectivity index (χ3n) is 5.89. The molecule has 1 fully saturated rings. The van der Waals surface area contributed by atoms with Crippen molar-refractivity contribution in [1.29, 1.82) is 0 Å². The first-order valence-corrected chi connectivity index (χ1v) is 10.9. The highest BCUT2D eigenvalue weighted by Gasteiger charge is 2.21. The molecule has 0 bridgehead atoms. The maximum Gasteiger partial charge on any atom is 0.270 e. The van der Waals surface area contributed by atoms with E-state index in [4.69, 9.17) is 5.73 Å². The highest BCUT2D eigenvalue weighted by atomic mass is 16.2. The maximum absolute atomic E-state index is 12.8. The summed E-state index contributed by atoms with van der Waals surface area (Å²) in [4.78, 5) is 25.9. The van der Waals surface area contributed by atoms with Crippen LogP contribution in [0.2, 0.25) is 0 Å². The van der Waals surface area contributed by atoms with Crippen molar-refractivity contribution in [2.24, 2.45) is 0 Å². The van der Waals surface area contributed by atoms with E-state index in [1.54, 1.807) is 6.07 Å². The molecule has 8 nitrogen and oxygen atoms in total. The molecule has 1 amide bonds. The van der Waals surface area contributed by atoms with Crippen molar-refractivity contribution in [1.82, 2.24) is 15.4 Å². The third kappa shape index (κ3) is 4.23. The van der Waals surface area contributed by atoms with Crippen molar-refractivity contribution in [2.45, 2.75) is 0 Å². The van der Waals surface area contributed by atoms with E-state index in [1.807, 2.05) is 42.5 Å². The molecule has 0 spiro atoms. The van der Waals surface area contributed by atoms with Gasteiger partial charge in [-0.3, -0.25) is 15.6 Å². The Morgan fingerprint density at radius 3 is 2.33 bits per heavy atom. The Kier molecular flexibility index (Phi) is 5.63. The first kappa shape index (κ1) is 20.6. The zero-order valence-corrected chi connectivity index (χ0v) is 18.1. The Bertz CT molecular complexity index is 1260. The van der Waals surface area contributed by atoms with Crippen LogP contribution >= 0.6 is 0 Å². The van der Waals surface area contributed by atoms with E-state index in [0.717, 1.165) is 37.0 Å². The monoisotopic (exact) mass is 439 g/mol. The molecule has 1 saturated heterocycles.